The van der Waals surface area contributed by atoms with Crippen LogP contribution >= 0.6 is 0 Å². The summed E-state index contributed by atoms with van der Waals surface area (Å²) in [5.74, 6) is 0.107. The second kappa shape index (κ2) is 8.63. The number of rotatable bonds is 4. The maximum absolute atomic E-state index is 12.6. The topological polar surface area (TPSA) is 45.7 Å². The minimum absolute atomic E-state index is 0.107. The maximum Gasteiger partial charge on any atom is 0.255 e. The van der Waals surface area contributed by atoms with Crippen LogP contribution in [-0.2, 0) is 11.3 Å². The lowest BCUT2D eigenvalue weighted by Gasteiger charge is -2.27. The van der Waals surface area contributed by atoms with E-state index in [0.717, 1.165) is 70.0 Å². The summed E-state index contributed by atoms with van der Waals surface area (Å²) in [6, 6.07) is 12.3. The van der Waals surface area contributed by atoms with E-state index in [1.54, 1.807) is 6.20 Å². The van der Waals surface area contributed by atoms with Gasteiger partial charge in [-0.1, -0.05) is 24.3 Å². The Kier molecular flexibility index (Phi) is 5.80. The molecule has 4 rings (SSSR count). The molecule has 3 heterocycles. The van der Waals surface area contributed by atoms with Gasteiger partial charge < -0.3 is 9.64 Å². The van der Waals surface area contributed by atoms with Crippen molar-refractivity contribution in [3.63, 3.8) is 0 Å². The minimum atomic E-state index is 0.107. The van der Waals surface area contributed by atoms with E-state index in [2.05, 4.69) is 28.1 Å². The van der Waals surface area contributed by atoms with Gasteiger partial charge in [0.05, 0.1) is 24.5 Å². The van der Waals surface area contributed by atoms with Crippen LogP contribution in [-0.4, -0.2) is 60.1 Å². The second-order valence-corrected chi connectivity index (χ2v) is 7.33. The number of hydrogen-bond donors (Lipinski definition) is 0. The Morgan fingerprint density at radius 1 is 0.963 bits per heavy atom. The van der Waals surface area contributed by atoms with Crippen LogP contribution in [0.25, 0.3) is 11.3 Å². The third-order valence-corrected chi connectivity index (χ3v) is 5.44. The summed E-state index contributed by atoms with van der Waals surface area (Å²) in [5, 5.41) is 0. The molecule has 0 spiro atoms. The number of ether oxygens (including phenoxy) is 1. The Hall–Kier alpha value is -2.24. The van der Waals surface area contributed by atoms with E-state index in [9.17, 15) is 4.79 Å². The summed E-state index contributed by atoms with van der Waals surface area (Å²) < 4.78 is 5.45. The van der Waals surface area contributed by atoms with E-state index >= 15 is 0 Å². The zero-order valence-corrected chi connectivity index (χ0v) is 15.8. The molecule has 1 aromatic heterocycles. The Labute approximate surface area is 161 Å². The van der Waals surface area contributed by atoms with Crippen LogP contribution in [0.3, 0.4) is 0 Å². The summed E-state index contributed by atoms with van der Waals surface area (Å²) in [7, 11) is 0. The Morgan fingerprint density at radius 2 is 1.74 bits per heavy atom. The van der Waals surface area contributed by atoms with Crippen molar-refractivity contribution in [2.45, 2.75) is 25.8 Å². The van der Waals surface area contributed by atoms with Crippen LogP contribution in [0.5, 0.6) is 0 Å². The fourth-order valence-corrected chi connectivity index (χ4v) is 3.87. The van der Waals surface area contributed by atoms with Crippen LogP contribution in [0, 0.1) is 0 Å². The average molecular weight is 365 g/mol. The van der Waals surface area contributed by atoms with Crippen molar-refractivity contribution in [3.05, 3.63) is 53.7 Å². The van der Waals surface area contributed by atoms with Gasteiger partial charge in [-0.25, -0.2) is 0 Å². The summed E-state index contributed by atoms with van der Waals surface area (Å²) in [6.07, 6.45) is 5.16. The molecule has 2 fully saturated rings. The van der Waals surface area contributed by atoms with Crippen LogP contribution < -0.4 is 0 Å². The molecule has 0 unspecified atom stereocenters. The predicted molar refractivity (Wildman–Crippen MR) is 106 cm³/mol. The van der Waals surface area contributed by atoms with Crippen molar-refractivity contribution in [3.8, 4) is 11.3 Å². The quantitative estimate of drug-likeness (QED) is 0.835. The first kappa shape index (κ1) is 18.1. The largest absolute Gasteiger partial charge is 0.379 e. The van der Waals surface area contributed by atoms with Crippen molar-refractivity contribution >= 4 is 5.91 Å². The van der Waals surface area contributed by atoms with Gasteiger partial charge in [-0.15, -0.1) is 0 Å². The molecule has 0 atom stereocenters. The highest BCUT2D eigenvalue weighted by Crippen LogP contribution is 2.24. The molecule has 2 aliphatic rings. The third-order valence-electron chi connectivity index (χ3n) is 5.44. The van der Waals surface area contributed by atoms with Crippen LogP contribution in [0.15, 0.2) is 42.6 Å². The molecule has 27 heavy (non-hydrogen) atoms. The summed E-state index contributed by atoms with van der Waals surface area (Å²) in [5.41, 5.74) is 4.02. The molecule has 2 aromatic rings. The Bertz CT molecular complexity index is 763. The van der Waals surface area contributed by atoms with Gasteiger partial charge in [-0.2, -0.15) is 0 Å². The standard InChI is InChI=1S/C22H27N3O2/c26-22(25-10-4-1-5-11-25)18-8-9-21(23-16-18)20-7-3-2-6-19(20)17-24-12-14-27-15-13-24/h2-3,6-9,16H,1,4-5,10-15,17H2. The SMILES string of the molecule is O=C(c1ccc(-c2ccccc2CN2CCOCC2)nc1)N1CCCCC1. The zero-order valence-electron chi connectivity index (χ0n) is 15.8. The predicted octanol–water partition coefficient (Wildman–Crippen LogP) is 3.21. The molecule has 0 radical (unpaired) electrons. The summed E-state index contributed by atoms with van der Waals surface area (Å²) >= 11 is 0. The number of amides is 1. The molecule has 5 nitrogen and oxygen atoms in total. The monoisotopic (exact) mass is 365 g/mol. The van der Waals surface area contributed by atoms with Gasteiger partial charge in [0.1, 0.15) is 0 Å². The average Bonchev–Trinajstić information content (AvgIpc) is 2.75. The molecule has 0 saturated carbocycles. The molecule has 0 aliphatic carbocycles. The highest BCUT2D eigenvalue weighted by molar-refractivity contribution is 5.94. The van der Waals surface area contributed by atoms with Gasteiger partial charge in [0.15, 0.2) is 0 Å². The lowest BCUT2D eigenvalue weighted by Crippen LogP contribution is -2.35. The lowest BCUT2D eigenvalue weighted by molar-refractivity contribution is 0.0342. The van der Waals surface area contributed by atoms with Crippen LogP contribution in [0.4, 0.5) is 0 Å². The van der Waals surface area contributed by atoms with E-state index in [0.29, 0.717) is 5.56 Å². The number of likely N-dealkylation sites (tertiary alicyclic amines) is 1. The molecule has 5 heteroatoms. The van der Waals surface area contributed by atoms with Crippen LogP contribution in [0.2, 0.25) is 0 Å². The number of pyridine rings is 1. The first-order valence-electron chi connectivity index (χ1n) is 9.95. The highest BCUT2D eigenvalue weighted by atomic mass is 16.5. The van der Waals surface area contributed by atoms with Gasteiger partial charge in [-0.05, 0) is 37.0 Å². The third kappa shape index (κ3) is 4.37. The van der Waals surface area contributed by atoms with E-state index < -0.39 is 0 Å². The second-order valence-electron chi connectivity index (χ2n) is 7.33. The molecule has 0 N–H and O–H groups in total. The lowest BCUT2D eigenvalue weighted by atomic mass is 10.0. The molecule has 1 aromatic carbocycles. The van der Waals surface area contributed by atoms with Crippen molar-refractivity contribution in [1.82, 2.24) is 14.8 Å². The highest BCUT2D eigenvalue weighted by Gasteiger charge is 2.19. The van der Waals surface area contributed by atoms with E-state index in [1.165, 1.54) is 12.0 Å². The van der Waals surface area contributed by atoms with Crippen molar-refractivity contribution in [2.24, 2.45) is 0 Å². The molecule has 142 valence electrons. The molecular weight excluding hydrogens is 338 g/mol. The van der Waals surface area contributed by atoms with Gasteiger partial charge >= 0.3 is 0 Å². The molecular formula is C22H27N3O2. The van der Waals surface area contributed by atoms with E-state index in [4.69, 9.17) is 4.74 Å². The fourth-order valence-electron chi connectivity index (χ4n) is 3.87. The number of hydrogen-bond acceptors (Lipinski definition) is 4. The molecule has 2 saturated heterocycles. The van der Waals surface area contributed by atoms with Gasteiger partial charge in [-0.3, -0.25) is 14.7 Å². The Balaban J connectivity index is 1.51. The minimum Gasteiger partial charge on any atom is -0.379 e. The summed E-state index contributed by atoms with van der Waals surface area (Å²) in [6.45, 7) is 6.15. The first-order valence-corrected chi connectivity index (χ1v) is 9.95. The van der Waals surface area contributed by atoms with Crippen LogP contribution in [0.1, 0.15) is 35.2 Å². The number of carbonyl (C=O) groups is 1. The number of benzene rings is 1. The molecule has 1 amide bonds. The smallest absolute Gasteiger partial charge is 0.255 e. The number of morpholine rings is 1. The van der Waals surface area contributed by atoms with E-state index in [-0.39, 0.29) is 5.91 Å². The van der Waals surface area contributed by atoms with Crippen molar-refractivity contribution in [2.75, 3.05) is 39.4 Å². The molecule has 0 bridgehead atoms. The zero-order chi connectivity index (χ0) is 18.5. The van der Waals surface area contributed by atoms with Gasteiger partial charge in [0.25, 0.3) is 5.91 Å². The molecule has 2 aliphatic heterocycles. The number of piperidine rings is 1. The number of carbonyl (C=O) groups excluding carboxylic acids is 1. The normalized spacial score (nSPS) is 18.4. The van der Waals surface area contributed by atoms with Gasteiger partial charge in [0.2, 0.25) is 0 Å². The number of nitrogens with zero attached hydrogens (tertiary/aromatic N) is 3. The van der Waals surface area contributed by atoms with Crippen molar-refractivity contribution < 1.29 is 9.53 Å². The first-order chi connectivity index (χ1) is 13.3. The number of aromatic nitrogens is 1. The maximum atomic E-state index is 12.6. The van der Waals surface area contributed by atoms with Gasteiger partial charge in [0, 0.05) is 44.5 Å². The summed E-state index contributed by atoms with van der Waals surface area (Å²) in [4.78, 5) is 21.6. The fraction of sp³-hybridized carbons (Fsp3) is 0.455. The van der Waals surface area contributed by atoms with Crippen molar-refractivity contribution in [1.29, 1.82) is 0 Å². The van der Waals surface area contributed by atoms with E-state index in [1.807, 2.05) is 23.1 Å². The Morgan fingerprint density at radius 3 is 2.48 bits per heavy atom.